The maximum atomic E-state index is 12.3. The zero-order valence-corrected chi connectivity index (χ0v) is 15.3. The minimum absolute atomic E-state index is 0.0246. The van der Waals surface area contributed by atoms with Gasteiger partial charge in [-0.3, -0.25) is 4.79 Å². The molecule has 1 N–H and O–H groups in total. The van der Waals surface area contributed by atoms with E-state index in [-0.39, 0.29) is 5.91 Å². The van der Waals surface area contributed by atoms with Crippen LogP contribution in [0.1, 0.15) is 42.0 Å². The van der Waals surface area contributed by atoms with Crippen molar-refractivity contribution in [3.05, 3.63) is 58.7 Å². The van der Waals surface area contributed by atoms with Crippen molar-refractivity contribution in [2.24, 2.45) is 0 Å². The molecule has 24 heavy (non-hydrogen) atoms. The van der Waals surface area contributed by atoms with Crippen molar-refractivity contribution >= 4 is 32.6 Å². The number of carbonyl (C=O) groups excluding carboxylic acids is 1. The Morgan fingerprint density at radius 2 is 1.96 bits per heavy atom. The highest BCUT2D eigenvalue weighted by atomic mass is 32.1. The average Bonchev–Trinajstić information content (AvgIpc) is 2.92. The SMILES string of the molecule is Cc1ccc(CC(=O)Nc2nc3c(C(C)C)cccc3s2)cc1C. The monoisotopic (exact) mass is 338 g/mol. The van der Waals surface area contributed by atoms with Gasteiger partial charge in [-0.2, -0.15) is 0 Å². The lowest BCUT2D eigenvalue weighted by Crippen LogP contribution is -2.14. The maximum Gasteiger partial charge on any atom is 0.230 e. The Kier molecular flexibility index (Phi) is 4.67. The van der Waals surface area contributed by atoms with E-state index in [0.717, 1.165) is 15.8 Å². The lowest BCUT2D eigenvalue weighted by Gasteiger charge is -2.05. The number of aryl methyl sites for hydroxylation is 2. The van der Waals surface area contributed by atoms with Crippen LogP contribution in [0.15, 0.2) is 36.4 Å². The Labute approximate surface area is 146 Å². The lowest BCUT2D eigenvalue weighted by molar-refractivity contribution is -0.115. The number of amides is 1. The second-order valence-corrected chi connectivity index (χ2v) is 7.54. The fourth-order valence-electron chi connectivity index (χ4n) is 2.75. The number of rotatable bonds is 4. The zero-order chi connectivity index (χ0) is 17.3. The molecule has 0 aliphatic heterocycles. The number of nitrogens with one attached hydrogen (secondary N) is 1. The van der Waals surface area contributed by atoms with Crippen molar-refractivity contribution in [2.75, 3.05) is 5.32 Å². The van der Waals surface area contributed by atoms with Crippen LogP contribution in [-0.4, -0.2) is 10.9 Å². The molecule has 0 fully saturated rings. The molecule has 0 saturated carbocycles. The zero-order valence-electron chi connectivity index (χ0n) is 14.5. The van der Waals surface area contributed by atoms with E-state index in [1.165, 1.54) is 28.0 Å². The number of thiazole rings is 1. The van der Waals surface area contributed by atoms with E-state index < -0.39 is 0 Å². The van der Waals surface area contributed by atoms with Gasteiger partial charge in [0, 0.05) is 0 Å². The third-order valence-electron chi connectivity index (χ3n) is 4.25. The summed E-state index contributed by atoms with van der Waals surface area (Å²) in [6.45, 7) is 8.46. The van der Waals surface area contributed by atoms with Crippen molar-refractivity contribution in [1.82, 2.24) is 4.98 Å². The van der Waals surface area contributed by atoms with E-state index in [1.807, 2.05) is 6.07 Å². The van der Waals surface area contributed by atoms with Gasteiger partial charge in [-0.25, -0.2) is 4.98 Å². The molecule has 0 radical (unpaired) electrons. The topological polar surface area (TPSA) is 42.0 Å². The third kappa shape index (κ3) is 3.49. The normalized spacial score (nSPS) is 11.2. The van der Waals surface area contributed by atoms with Crippen molar-refractivity contribution < 1.29 is 4.79 Å². The van der Waals surface area contributed by atoms with Crippen LogP contribution < -0.4 is 5.32 Å². The number of hydrogen-bond acceptors (Lipinski definition) is 3. The van der Waals surface area contributed by atoms with Gasteiger partial charge in [0.15, 0.2) is 5.13 Å². The smallest absolute Gasteiger partial charge is 0.230 e. The van der Waals surface area contributed by atoms with Crippen molar-refractivity contribution in [2.45, 2.75) is 40.0 Å². The fraction of sp³-hybridized carbons (Fsp3) is 0.300. The molecule has 0 aliphatic rings. The van der Waals surface area contributed by atoms with Crippen molar-refractivity contribution in [3.8, 4) is 0 Å². The Balaban J connectivity index is 1.78. The first-order valence-electron chi connectivity index (χ1n) is 8.19. The first kappa shape index (κ1) is 16.7. The molecule has 0 spiro atoms. The summed E-state index contributed by atoms with van der Waals surface area (Å²) in [7, 11) is 0. The predicted octanol–water partition coefficient (Wildman–Crippen LogP) is 5.22. The Morgan fingerprint density at radius 1 is 1.17 bits per heavy atom. The molecule has 3 nitrogen and oxygen atoms in total. The van der Waals surface area contributed by atoms with E-state index in [0.29, 0.717) is 17.5 Å². The van der Waals surface area contributed by atoms with Crippen LogP contribution in [0.3, 0.4) is 0 Å². The predicted molar refractivity (Wildman–Crippen MR) is 102 cm³/mol. The van der Waals surface area contributed by atoms with Gasteiger partial charge in [-0.05, 0) is 48.1 Å². The molecule has 4 heteroatoms. The summed E-state index contributed by atoms with van der Waals surface area (Å²) >= 11 is 1.53. The largest absolute Gasteiger partial charge is 0.302 e. The number of aromatic nitrogens is 1. The van der Waals surface area contributed by atoms with Gasteiger partial charge in [0.1, 0.15) is 0 Å². The van der Waals surface area contributed by atoms with E-state index in [2.05, 4.69) is 68.3 Å². The van der Waals surface area contributed by atoms with E-state index in [4.69, 9.17) is 0 Å². The molecular formula is C20H22N2OS. The molecule has 0 unspecified atom stereocenters. The number of carbonyl (C=O) groups is 1. The first-order chi connectivity index (χ1) is 11.4. The van der Waals surface area contributed by atoms with Crippen LogP contribution in [0, 0.1) is 13.8 Å². The number of benzene rings is 2. The lowest BCUT2D eigenvalue weighted by atomic mass is 10.0. The average molecular weight is 338 g/mol. The van der Waals surface area contributed by atoms with E-state index >= 15 is 0 Å². The Bertz CT molecular complexity index is 896. The van der Waals surface area contributed by atoms with Crippen molar-refractivity contribution in [1.29, 1.82) is 0 Å². The van der Waals surface area contributed by atoms with Gasteiger partial charge >= 0.3 is 0 Å². The van der Waals surface area contributed by atoms with Crippen LogP contribution in [0.25, 0.3) is 10.2 Å². The number of fused-ring (bicyclic) bond motifs is 1. The van der Waals surface area contributed by atoms with Gasteiger partial charge < -0.3 is 5.32 Å². The number of para-hydroxylation sites is 1. The summed E-state index contributed by atoms with van der Waals surface area (Å²) < 4.78 is 1.11. The highest BCUT2D eigenvalue weighted by Gasteiger charge is 2.12. The molecule has 1 amide bonds. The highest BCUT2D eigenvalue weighted by molar-refractivity contribution is 7.22. The second kappa shape index (κ2) is 6.73. The van der Waals surface area contributed by atoms with Crippen LogP contribution in [0.2, 0.25) is 0 Å². The summed E-state index contributed by atoms with van der Waals surface area (Å²) in [4.78, 5) is 17.0. The molecule has 0 aliphatic carbocycles. The number of nitrogens with zero attached hydrogens (tertiary/aromatic N) is 1. The van der Waals surface area contributed by atoms with Crippen molar-refractivity contribution in [3.63, 3.8) is 0 Å². The summed E-state index contributed by atoms with van der Waals surface area (Å²) in [6, 6.07) is 12.4. The van der Waals surface area contributed by atoms with Gasteiger partial charge in [-0.1, -0.05) is 55.5 Å². The van der Waals surface area contributed by atoms with Crippen LogP contribution in [0.4, 0.5) is 5.13 Å². The summed E-state index contributed by atoms with van der Waals surface area (Å²) in [5.74, 6) is 0.387. The van der Waals surface area contributed by atoms with E-state index in [1.54, 1.807) is 0 Å². The van der Waals surface area contributed by atoms with Crippen LogP contribution >= 0.6 is 11.3 Å². The molecule has 124 valence electrons. The minimum atomic E-state index is -0.0246. The molecule has 1 heterocycles. The Morgan fingerprint density at radius 3 is 2.67 bits per heavy atom. The standard InChI is InChI=1S/C20H22N2OS/c1-12(2)16-6-5-7-17-19(16)22-20(24-17)21-18(23)11-15-9-8-13(3)14(4)10-15/h5-10,12H,11H2,1-4H3,(H,21,22,23). The number of hydrogen-bond donors (Lipinski definition) is 1. The molecule has 3 aromatic rings. The molecule has 0 bridgehead atoms. The van der Waals surface area contributed by atoms with Gasteiger partial charge in [0.2, 0.25) is 5.91 Å². The van der Waals surface area contributed by atoms with Crippen LogP contribution in [-0.2, 0) is 11.2 Å². The first-order valence-corrected chi connectivity index (χ1v) is 9.01. The fourth-order valence-corrected chi connectivity index (χ4v) is 3.67. The molecule has 0 saturated heterocycles. The molecular weight excluding hydrogens is 316 g/mol. The molecule has 3 rings (SSSR count). The molecule has 1 aromatic heterocycles. The van der Waals surface area contributed by atoms with Crippen LogP contribution in [0.5, 0.6) is 0 Å². The highest BCUT2D eigenvalue weighted by Crippen LogP contribution is 2.31. The maximum absolute atomic E-state index is 12.3. The summed E-state index contributed by atoms with van der Waals surface area (Å²) in [5.41, 5.74) is 5.70. The third-order valence-corrected chi connectivity index (χ3v) is 5.19. The summed E-state index contributed by atoms with van der Waals surface area (Å²) in [6.07, 6.45) is 0.369. The quantitative estimate of drug-likeness (QED) is 0.709. The minimum Gasteiger partial charge on any atom is -0.302 e. The molecule has 2 aromatic carbocycles. The van der Waals surface area contributed by atoms with Gasteiger partial charge in [-0.15, -0.1) is 0 Å². The Hall–Kier alpha value is -2.20. The van der Waals surface area contributed by atoms with Gasteiger partial charge in [0.25, 0.3) is 0 Å². The second-order valence-electron chi connectivity index (χ2n) is 6.51. The molecule has 0 atom stereocenters. The van der Waals surface area contributed by atoms with E-state index in [9.17, 15) is 4.79 Å². The van der Waals surface area contributed by atoms with Gasteiger partial charge in [0.05, 0.1) is 16.6 Å². The summed E-state index contributed by atoms with van der Waals surface area (Å²) in [5, 5.41) is 3.62. The number of anilines is 1.